The van der Waals surface area contributed by atoms with Crippen molar-refractivity contribution in [2.24, 2.45) is 22.7 Å². The first kappa shape index (κ1) is 23.7. The molecule has 0 atom stereocenters. The fourth-order valence-corrected chi connectivity index (χ4v) is 7.74. The van der Waals surface area contributed by atoms with Gasteiger partial charge in [-0.1, -0.05) is 12.1 Å². The van der Waals surface area contributed by atoms with Crippen LogP contribution in [0.2, 0.25) is 0 Å². The molecule has 1 aromatic heterocycles. The Hall–Kier alpha value is -3.64. The number of rotatable bonds is 6. The summed E-state index contributed by atoms with van der Waals surface area (Å²) in [6.45, 7) is 1.78. The molecule has 4 fully saturated rings. The van der Waals surface area contributed by atoms with Gasteiger partial charge in [0.1, 0.15) is 11.1 Å². The number of H-pyrrole nitrogens is 1. The summed E-state index contributed by atoms with van der Waals surface area (Å²) >= 11 is 0.843. The van der Waals surface area contributed by atoms with E-state index in [1.807, 2.05) is 17.5 Å². The van der Waals surface area contributed by atoms with Crippen LogP contribution in [0.5, 0.6) is 0 Å². The van der Waals surface area contributed by atoms with Gasteiger partial charge in [0.15, 0.2) is 0 Å². The third kappa shape index (κ3) is 4.19. The van der Waals surface area contributed by atoms with Gasteiger partial charge in [0.2, 0.25) is 0 Å². The fourth-order valence-electron chi connectivity index (χ4n) is 7.33. The minimum absolute atomic E-state index is 0.124. The summed E-state index contributed by atoms with van der Waals surface area (Å²) in [5, 5.41) is 25.4. The molecule has 0 amide bonds. The van der Waals surface area contributed by atoms with Crippen LogP contribution in [-0.4, -0.2) is 20.9 Å². The average molecular weight is 514 g/mol. The van der Waals surface area contributed by atoms with Gasteiger partial charge in [-0.25, -0.2) is 9.67 Å². The number of aromatic nitrogens is 2. The molecule has 188 valence electrons. The zero-order valence-corrected chi connectivity index (χ0v) is 21.3. The van der Waals surface area contributed by atoms with Crippen molar-refractivity contribution in [3.63, 3.8) is 0 Å². The van der Waals surface area contributed by atoms with Crippen LogP contribution in [0, 0.1) is 45.5 Å². The zero-order chi connectivity index (χ0) is 25.7. The Kier molecular flexibility index (Phi) is 5.80. The Morgan fingerprint density at radius 1 is 1.14 bits per heavy atom. The van der Waals surface area contributed by atoms with Crippen molar-refractivity contribution in [3.05, 3.63) is 79.8 Å². The SMILES string of the molecule is Cc1[nH]n(-c2ccc(C34CC5CC(CC(C5)C3)C4)cc2)c(=O)c1C=Nc1ccc(SC#N)cc1[N+](=O)[O-]. The van der Waals surface area contributed by atoms with Crippen LogP contribution in [0.25, 0.3) is 5.69 Å². The van der Waals surface area contributed by atoms with Crippen molar-refractivity contribution in [1.82, 2.24) is 9.78 Å². The number of nitro groups is 1. The number of thioether (sulfide) groups is 1. The molecule has 0 saturated heterocycles. The first-order chi connectivity index (χ1) is 17.8. The third-order valence-electron chi connectivity index (χ3n) is 8.53. The molecule has 4 aliphatic rings. The summed E-state index contributed by atoms with van der Waals surface area (Å²) in [5.74, 6) is 2.62. The minimum atomic E-state index is -0.540. The molecule has 4 saturated carbocycles. The molecule has 0 aliphatic heterocycles. The summed E-state index contributed by atoms with van der Waals surface area (Å²) < 4.78 is 1.50. The lowest BCUT2D eigenvalue weighted by Crippen LogP contribution is -2.48. The van der Waals surface area contributed by atoms with Gasteiger partial charge in [-0.3, -0.25) is 20.0 Å². The number of nitro benzene ring substituents is 1. The largest absolute Gasteiger partial charge is 0.295 e. The quantitative estimate of drug-likeness (QED) is 0.139. The number of aryl methyl sites for hydroxylation is 1. The van der Waals surface area contributed by atoms with Gasteiger partial charge in [-0.15, -0.1) is 0 Å². The second-order valence-electron chi connectivity index (χ2n) is 10.9. The number of benzene rings is 2. The predicted octanol–water partition coefficient (Wildman–Crippen LogP) is 6.17. The van der Waals surface area contributed by atoms with Gasteiger partial charge in [-0.05, 0) is 110 Å². The maximum atomic E-state index is 13.2. The molecule has 4 aliphatic carbocycles. The average Bonchev–Trinajstić information content (AvgIpc) is 3.15. The summed E-state index contributed by atoms with van der Waals surface area (Å²) in [4.78, 5) is 28.9. The van der Waals surface area contributed by atoms with E-state index in [-0.39, 0.29) is 16.9 Å². The highest BCUT2D eigenvalue weighted by Crippen LogP contribution is 2.60. The van der Waals surface area contributed by atoms with Crippen molar-refractivity contribution in [3.8, 4) is 11.1 Å². The molecule has 1 heterocycles. The van der Waals surface area contributed by atoms with Gasteiger partial charge >= 0.3 is 0 Å². The van der Waals surface area contributed by atoms with Crippen molar-refractivity contribution < 1.29 is 4.92 Å². The van der Waals surface area contributed by atoms with Crippen molar-refractivity contribution in [1.29, 1.82) is 5.26 Å². The number of nitrogens with zero attached hydrogens (tertiary/aromatic N) is 4. The first-order valence-corrected chi connectivity index (χ1v) is 13.5. The van der Waals surface area contributed by atoms with Crippen LogP contribution < -0.4 is 5.56 Å². The highest BCUT2D eigenvalue weighted by atomic mass is 32.2. The Labute approximate surface area is 218 Å². The van der Waals surface area contributed by atoms with Crippen molar-refractivity contribution in [2.75, 3.05) is 0 Å². The Bertz CT molecular complexity index is 1480. The van der Waals surface area contributed by atoms with E-state index >= 15 is 0 Å². The topological polar surface area (TPSA) is 117 Å². The van der Waals surface area contributed by atoms with Crippen LogP contribution in [0.15, 0.2) is 57.1 Å². The smallest absolute Gasteiger partial charge is 0.295 e. The van der Waals surface area contributed by atoms with E-state index in [1.54, 1.807) is 13.0 Å². The van der Waals surface area contributed by atoms with Gasteiger partial charge < -0.3 is 0 Å². The molecule has 8 nitrogen and oxygen atoms in total. The summed E-state index contributed by atoms with van der Waals surface area (Å²) in [6, 6.07) is 12.8. The van der Waals surface area contributed by atoms with E-state index in [1.165, 1.54) is 67.1 Å². The highest BCUT2D eigenvalue weighted by Gasteiger charge is 2.51. The number of thiocyanates is 1. The summed E-state index contributed by atoms with van der Waals surface area (Å²) in [5.41, 5.74) is 3.07. The highest BCUT2D eigenvalue weighted by molar-refractivity contribution is 8.03. The number of hydrogen-bond acceptors (Lipinski definition) is 6. The molecule has 0 spiro atoms. The van der Waals surface area contributed by atoms with Crippen molar-refractivity contribution >= 4 is 29.4 Å². The van der Waals surface area contributed by atoms with E-state index in [0.29, 0.717) is 21.6 Å². The number of hydrogen-bond donors (Lipinski definition) is 1. The number of nitrogens with one attached hydrogen (secondary N) is 1. The molecule has 0 radical (unpaired) electrons. The monoisotopic (exact) mass is 513 g/mol. The molecule has 0 unspecified atom stereocenters. The second kappa shape index (κ2) is 9.03. The van der Waals surface area contributed by atoms with Crippen molar-refractivity contribution in [2.45, 2.75) is 55.8 Å². The van der Waals surface area contributed by atoms with Gasteiger partial charge in [0.25, 0.3) is 11.2 Å². The van der Waals surface area contributed by atoms with Gasteiger partial charge in [-0.2, -0.15) is 5.26 Å². The minimum Gasteiger partial charge on any atom is -0.295 e. The molecule has 3 aromatic rings. The molecule has 2 aromatic carbocycles. The lowest BCUT2D eigenvalue weighted by Gasteiger charge is -2.57. The second-order valence-corrected chi connectivity index (χ2v) is 11.8. The third-order valence-corrected chi connectivity index (χ3v) is 9.11. The molecule has 7 rings (SSSR count). The molecule has 4 bridgehead atoms. The van der Waals surface area contributed by atoms with Gasteiger partial charge in [0.05, 0.1) is 16.2 Å². The standard InChI is InChI=1S/C28H27N5O3S/c1-17-24(15-30-25-7-6-23(37-16-29)11-26(25)33(35)36)27(34)32(31-17)22-4-2-21(3-5-22)28-12-18-8-19(13-28)10-20(9-18)14-28/h2-7,11,15,18-20,31H,8-10,12-14H2,1H3. The maximum Gasteiger partial charge on any atom is 0.295 e. The Morgan fingerprint density at radius 2 is 1.78 bits per heavy atom. The first-order valence-electron chi connectivity index (χ1n) is 12.7. The predicted molar refractivity (Wildman–Crippen MR) is 143 cm³/mol. The summed E-state index contributed by atoms with van der Waals surface area (Å²) in [7, 11) is 0. The molecule has 37 heavy (non-hydrogen) atoms. The Morgan fingerprint density at radius 3 is 2.38 bits per heavy atom. The fraction of sp³-hybridized carbons (Fsp3) is 0.393. The van der Waals surface area contributed by atoms with Crippen LogP contribution in [0.3, 0.4) is 0 Å². The normalized spacial score (nSPS) is 26.0. The lowest BCUT2D eigenvalue weighted by atomic mass is 9.48. The number of aromatic amines is 1. The lowest BCUT2D eigenvalue weighted by molar-refractivity contribution is -0.384. The maximum absolute atomic E-state index is 13.2. The van der Waals surface area contributed by atoms with Crippen LogP contribution in [-0.2, 0) is 5.41 Å². The number of nitriles is 1. The van der Waals surface area contributed by atoms with E-state index in [2.05, 4.69) is 22.2 Å². The van der Waals surface area contributed by atoms with Gasteiger partial charge in [0, 0.05) is 22.9 Å². The summed E-state index contributed by atoms with van der Waals surface area (Å²) in [6.07, 6.45) is 9.48. The molecule has 1 N–H and O–H groups in total. The molecular formula is C28H27N5O3S. The zero-order valence-electron chi connectivity index (χ0n) is 20.5. The van der Waals surface area contributed by atoms with E-state index in [9.17, 15) is 14.9 Å². The van der Waals surface area contributed by atoms with Crippen LogP contribution in [0.1, 0.15) is 55.3 Å². The molecule has 9 heteroatoms. The van der Waals surface area contributed by atoms with E-state index in [4.69, 9.17) is 5.26 Å². The van der Waals surface area contributed by atoms with E-state index in [0.717, 1.165) is 35.2 Å². The number of aliphatic imine (C=N–C) groups is 1. The molecular weight excluding hydrogens is 486 g/mol. The Balaban J connectivity index is 1.27. The van der Waals surface area contributed by atoms with Crippen LogP contribution >= 0.6 is 11.8 Å². The van der Waals surface area contributed by atoms with Crippen LogP contribution in [0.4, 0.5) is 11.4 Å². The van der Waals surface area contributed by atoms with E-state index < -0.39 is 4.92 Å².